The molecule has 1 amide bonds. The van der Waals surface area contributed by atoms with E-state index in [1.165, 1.54) is 30.9 Å². The van der Waals surface area contributed by atoms with Crippen LogP contribution in [0.5, 0.6) is 0 Å². The summed E-state index contributed by atoms with van der Waals surface area (Å²) in [5, 5.41) is 11.9. The first-order valence-electron chi connectivity index (χ1n) is 7.71. The lowest BCUT2D eigenvalue weighted by Crippen LogP contribution is -2.48. The second-order valence-corrected chi connectivity index (χ2v) is 8.62. The molecule has 0 unspecified atom stereocenters. The Labute approximate surface area is 141 Å². The van der Waals surface area contributed by atoms with Crippen LogP contribution in [-0.2, 0) is 21.9 Å². The Morgan fingerprint density at radius 2 is 1.92 bits per heavy atom. The van der Waals surface area contributed by atoms with Crippen molar-refractivity contribution < 1.29 is 23.1 Å². The fourth-order valence-corrected chi connectivity index (χ4v) is 4.08. The first kappa shape index (κ1) is 18.5. The molecule has 8 nitrogen and oxygen atoms in total. The molecule has 2 N–H and O–H groups in total. The zero-order chi connectivity index (χ0) is 18.1. The summed E-state index contributed by atoms with van der Waals surface area (Å²) < 4.78 is 26.9. The van der Waals surface area contributed by atoms with Crippen LogP contribution < -0.4 is 5.32 Å². The highest BCUT2D eigenvalue weighted by Crippen LogP contribution is 2.33. The van der Waals surface area contributed by atoms with Gasteiger partial charge >= 0.3 is 5.97 Å². The van der Waals surface area contributed by atoms with Gasteiger partial charge < -0.3 is 15.0 Å². The Kier molecular flexibility index (Phi) is 5.05. The molecule has 24 heavy (non-hydrogen) atoms. The quantitative estimate of drug-likeness (QED) is 0.782. The number of carboxylic acids is 1. The summed E-state index contributed by atoms with van der Waals surface area (Å²) in [6, 6.07) is 1.31. The van der Waals surface area contributed by atoms with Gasteiger partial charge in [0.2, 0.25) is 10.0 Å². The van der Waals surface area contributed by atoms with Crippen molar-refractivity contribution in [1.29, 1.82) is 0 Å². The SMILES string of the molecule is CN(C)S(=O)(=O)c1cc(C(=O)NC2(CC(=O)O)CCCC2)n(C)c1. The lowest BCUT2D eigenvalue weighted by Gasteiger charge is -2.28. The summed E-state index contributed by atoms with van der Waals surface area (Å²) in [6.45, 7) is 0. The van der Waals surface area contributed by atoms with Crippen molar-refractivity contribution in [3.05, 3.63) is 18.0 Å². The summed E-state index contributed by atoms with van der Waals surface area (Å²) in [7, 11) is 0.788. The van der Waals surface area contributed by atoms with E-state index in [0.717, 1.165) is 17.1 Å². The molecular weight excluding hydrogens is 334 g/mol. The Bertz CT molecular complexity index is 745. The van der Waals surface area contributed by atoms with E-state index in [1.807, 2.05) is 0 Å². The van der Waals surface area contributed by atoms with Gasteiger partial charge in [-0.3, -0.25) is 9.59 Å². The molecule has 2 rings (SSSR count). The first-order valence-corrected chi connectivity index (χ1v) is 9.15. The zero-order valence-electron chi connectivity index (χ0n) is 14.1. The summed E-state index contributed by atoms with van der Waals surface area (Å²) in [4.78, 5) is 23.7. The third kappa shape index (κ3) is 3.62. The van der Waals surface area contributed by atoms with Crippen molar-refractivity contribution in [2.24, 2.45) is 7.05 Å². The molecule has 1 aromatic heterocycles. The smallest absolute Gasteiger partial charge is 0.305 e. The van der Waals surface area contributed by atoms with E-state index in [4.69, 9.17) is 5.11 Å². The normalized spacial score (nSPS) is 17.2. The maximum absolute atomic E-state index is 12.6. The van der Waals surface area contributed by atoms with Crippen molar-refractivity contribution >= 4 is 21.9 Å². The van der Waals surface area contributed by atoms with Gasteiger partial charge in [0.05, 0.1) is 12.0 Å². The van der Waals surface area contributed by atoms with Crippen LogP contribution in [0, 0.1) is 0 Å². The van der Waals surface area contributed by atoms with Gasteiger partial charge in [0.25, 0.3) is 5.91 Å². The standard InChI is InChI=1S/C15H23N3O5S/c1-17(2)24(22,23)11-8-12(18(3)10-11)14(21)16-15(9-13(19)20)6-4-5-7-15/h8,10H,4-7,9H2,1-3H3,(H,16,21)(H,19,20). The Morgan fingerprint density at radius 1 is 1.33 bits per heavy atom. The van der Waals surface area contributed by atoms with Crippen LogP contribution in [0.1, 0.15) is 42.6 Å². The summed E-state index contributed by atoms with van der Waals surface area (Å²) >= 11 is 0. The third-order valence-corrected chi connectivity index (χ3v) is 6.20. The number of hydrogen-bond acceptors (Lipinski definition) is 4. The number of carbonyl (C=O) groups excluding carboxylic acids is 1. The van der Waals surface area contributed by atoms with Crippen molar-refractivity contribution in [1.82, 2.24) is 14.2 Å². The molecule has 0 radical (unpaired) electrons. The molecule has 1 saturated carbocycles. The van der Waals surface area contributed by atoms with Gasteiger partial charge in [-0.15, -0.1) is 0 Å². The van der Waals surface area contributed by atoms with Crippen LogP contribution in [-0.4, -0.2) is 53.9 Å². The minimum Gasteiger partial charge on any atom is -0.481 e. The zero-order valence-corrected chi connectivity index (χ0v) is 14.9. The topological polar surface area (TPSA) is 109 Å². The van der Waals surface area contributed by atoms with E-state index in [1.54, 1.807) is 7.05 Å². The Balaban J connectivity index is 2.27. The molecule has 0 bridgehead atoms. The minimum atomic E-state index is -3.64. The van der Waals surface area contributed by atoms with E-state index < -0.39 is 27.4 Å². The summed E-state index contributed by atoms with van der Waals surface area (Å²) in [5.41, 5.74) is -0.569. The van der Waals surface area contributed by atoms with Gasteiger partial charge in [0.15, 0.2) is 0 Å². The molecular formula is C15H23N3O5S. The van der Waals surface area contributed by atoms with Crippen LogP contribution in [0.4, 0.5) is 0 Å². The number of hydrogen-bond donors (Lipinski definition) is 2. The maximum atomic E-state index is 12.6. The lowest BCUT2D eigenvalue weighted by atomic mass is 9.93. The molecule has 1 aliphatic rings. The van der Waals surface area contributed by atoms with Crippen LogP contribution in [0.2, 0.25) is 0 Å². The van der Waals surface area contributed by atoms with Gasteiger partial charge in [-0.2, -0.15) is 0 Å². The Morgan fingerprint density at radius 3 is 2.42 bits per heavy atom. The second-order valence-electron chi connectivity index (χ2n) is 6.47. The van der Waals surface area contributed by atoms with Gasteiger partial charge in [-0.05, 0) is 18.9 Å². The van der Waals surface area contributed by atoms with E-state index in [2.05, 4.69) is 5.32 Å². The van der Waals surface area contributed by atoms with E-state index in [0.29, 0.717) is 12.8 Å². The average molecular weight is 357 g/mol. The molecule has 0 aliphatic heterocycles. The van der Waals surface area contributed by atoms with E-state index in [9.17, 15) is 18.0 Å². The third-order valence-electron chi connectivity index (χ3n) is 4.42. The molecule has 0 spiro atoms. The number of sulfonamides is 1. The number of carbonyl (C=O) groups is 2. The summed E-state index contributed by atoms with van der Waals surface area (Å²) in [6.07, 6.45) is 4.19. The van der Waals surface area contributed by atoms with Crippen molar-refractivity contribution in [3.8, 4) is 0 Å². The monoisotopic (exact) mass is 357 g/mol. The summed E-state index contributed by atoms with van der Waals surface area (Å²) in [5.74, 6) is -1.42. The van der Waals surface area contributed by atoms with Crippen molar-refractivity contribution in [3.63, 3.8) is 0 Å². The number of carboxylic acid groups (broad SMARTS) is 1. The number of aliphatic carboxylic acids is 1. The first-order chi connectivity index (χ1) is 11.1. The molecule has 1 fully saturated rings. The largest absolute Gasteiger partial charge is 0.481 e. The highest BCUT2D eigenvalue weighted by atomic mass is 32.2. The fraction of sp³-hybridized carbons (Fsp3) is 0.600. The molecule has 1 aliphatic carbocycles. The predicted molar refractivity (Wildman–Crippen MR) is 87.2 cm³/mol. The molecule has 134 valence electrons. The van der Waals surface area contributed by atoms with E-state index >= 15 is 0 Å². The van der Waals surface area contributed by atoms with Crippen LogP contribution in [0.25, 0.3) is 0 Å². The van der Waals surface area contributed by atoms with Crippen LogP contribution in [0.15, 0.2) is 17.2 Å². The van der Waals surface area contributed by atoms with Crippen molar-refractivity contribution in [2.45, 2.75) is 42.5 Å². The Hall–Kier alpha value is -1.87. The molecule has 0 atom stereocenters. The lowest BCUT2D eigenvalue weighted by molar-refractivity contribution is -0.138. The molecule has 0 saturated heterocycles. The van der Waals surface area contributed by atoms with Gasteiger partial charge in [0.1, 0.15) is 10.6 Å². The minimum absolute atomic E-state index is 0.0267. The number of rotatable bonds is 6. The number of amides is 1. The van der Waals surface area contributed by atoms with Gasteiger partial charge in [-0.25, -0.2) is 12.7 Å². The highest BCUT2D eigenvalue weighted by molar-refractivity contribution is 7.89. The fourth-order valence-electron chi connectivity index (χ4n) is 3.10. The number of aryl methyl sites for hydroxylation is 1. The van der Waals surface area contributed by atoms with Crippen LogP contribution >= 0.6 is 0 Å². The van der Waals surface area contributed by atoms with Crippen LogP contribution in [0.3, 0.4) is 0 Å². The maximum Gasteiger partial charge on any atom is 0.305 e. The van der Waals surface area contributed by atoms with Gasteiger partial charge in [0, 0.05) is 27.3 Å². The van der Waals surface area contributed by atoms with Crippen molar-refractivity contribution in [2.75, 3.05) is 14.1 Å². The molecule has 0 aromatic carbocycles. The molecule has 1 heterocycles. The number of aromatic nitrogens is 1. The molecule has 1 aromatic rings. The predicted octanol–water partition coefficient (Wildman–Crippen LogP) is 0.793. The van der Waals surface area contributed by atoms with E-state index in [-0.39, 0.29) is 17.0 Å². The highest BCUT2D eigenvalue weighted by Gasteiger charge is 2.38. The molecule has 9 heteroatoms. The number of nitrogens with zero attached hydrogens (tertiary/aromatic N) is 2. The average Bonchev–Trinajstić information content (AvgIpc) is 3.05. The number of nitrogens with one attached hydrogen (secondary N) is 1. The van der Waals surface area contributed by atoms with Gasteiger partial charge in [-0.1, -0.05) is 12.8 Å². The second kappa shape index (κ2) is 6.56.